The number of carbonyl (C=O) groups is 2. The van der Waals surface area contributed by atoms with Crippen LogP contribution in [0.4, 0.5) is 5.69 Å². The van der Waals surface area contributed by atoms with Gasteiger partial charge in [-0.15, -0.1) is 11.8 Å². The van der Waals surface area contributed by atoms with Gasteiger partial charge in [0.05, 0.1) is 10.3 Å². The van der Waals surface area contributed by atoms with E-state index >= 15 is 0 Å². The molecule has 0 radical (unpaired) electrons. The van der Waals surface area contributed by atoms with Crippen LogP contribution in [0.15, 0.2) is 18.2 Å². The first kappa shape index (κ1) is 15.3. The van der Waals surface area contributed by atoms with Crippen LogP contribution in [-0.2, 0) is 4.79 Å². The summed E-state index contributed by atoms with van der Waals surface area (Å²) in [5, 5.41) is 20.0. The fraction of sp³-hybridized carbons (Fsp3) is 0.385. The lowest BCUT2D eigenvalue weighted by atomic mass is 10.1. The smallest absolute Gasteiger partial charge is 0.327 e. The minimum absolute atomic E-state index is 0.0689. The van der Waals surface area contributed by atoms with Crippen molar-refractivity contribution in [3.63, 3.8) is 0 Å². The number of nitrogens with zero attached hydrogens (tertiary/aromatic N) is 2. The van der Waals surface area contributed by atoms with Crippen LogP contribution < -0.4 is 0 Å². The predicted octanol–water partition coefficient (Wildman–Crippen LogP) is 1.89. The average Bonchev–Trinajstić information content (AvgIpc) is 2.79. The molecule has 0 bridgehead atoms. The van der Waals surface area contributed by atoms with Gasteiger partial charge in [0.2, 0.25) is 0 Å². The van der Waals surface area contributed by atoms with Crippen molar-refractivity contribution in [1.82, 2.24) is 4.90 Å². The van der Waals surface area contributed by atoms with Crippen LogP contribution in [0.1, 0.15) is 22.8 Å². The van der Waals surface area contributed by atoms with Gasteiger partial charge in [0, 0.05) is 11.3 Å². The number of thioether (sulfide) groups is 1. The third-order valence-corrected chi connectivity index (χ3v) is 4.61. The molecule has 1 N–H and O–H groups in total. The maximum atomic E-state index is 12.6. The molecule has 1 heterocycles. The van der Waals surface area contributed by atoms with Gasteiger partial charge in [0.1, 0.15) is 11.6 Å². The Hall–Kier alpha value is -2.09. The van der Waals surface area contributed by atoms with Crippen LogP contribution in [0.3, 0.4) is 0 Å². The zero-order chi connectivity index (χ0) is 15.7. The molecule has 0 spiro atoms. The number of hydrogen-bond donors (Lipinski definition) is 1. The van der Waals surface area contributed by atoms with E-state index in [0.29, 0.717) is 5.56 Å². The Labute approximate surface area is 125 Å². The molecule has 0 aromatic heterocycles. The van der Waals surface area contributed by atoms with E-state index in [1.165, 1.54) is 22.7 Å². The number of para-hydroxylation sites is 1. The van der Waals surface area contributed by atoms with Crippen molar-refractivity contribution in [2.24, 2.45) is 0 Å². The Morgan fingerprint density at radius 3 is 2.71 bits per heavy atom. The van der Waals surface area contributed by atoms with Gasteiger partial charge in [-0.2, -0.15) is 0 Å². The van der Waals surface area contributed by atoms with E-state index in [-0.39, 0.29) is 22.4 Å². The lowest BCUT2D eigenvalue weighted by Gasteiger charge is -2.25. The number of amides is 1. The molecule has 1 aromatic rings. The van der Waals surface area contributed by atoms with Crippen molar-refractivity contribution in [2.45, 2.75) is 25.3 Å². The monoisotopic (exact) mass is 310 g/mol. The minimum atomic E-state index is -1.10. The summed E-state index contributed by atoms with van der Waals surface area (Å²) in [6.45, 7) is 3.26. The second-order valence-electron chi connectivity index (χ2n) is 4.73. The van der Waals surface area contributed by atoms with Crippen molar-refractivity contribution < 1.29 is 19.6 Å². The molecule has 1 aliphatic heterocycles. The Balaban J connectivity index is 2.47. The third kappa shape index (κ3) is 2.71. The average molecular weight is 310 g/mol. The summed E-state index contributed by atoms with van der Waals surface area (Å²) in [5.74, 6) is -1.44. The van der Waals surface area contributed by atoms with Gasteiger partial charge in [0.25, 0.3) is 11.6 Å². The third-order valence-electron chi connectivity index (χ3n) is 3.39. The van der Waals surface area contributed by atoms with Crippen molar-refractivity contribution in [1.29, 1.82) is 0 Å². The zero-order valence-corrected chi connectivity index (χ0v) is 12.3. The van der Waals surface area contributed by atoms with E-state index < -0.39 is 22.8 Å². The molecular formula is C13H14N2O5S. The first-order valence-corrected chi connectivity index (χ1v) is 7.30. The van der Waals surface area contributed by atoms with Crippen molar-refractivity contribution in [2.75, 3.05) is 5.75 Å². The molecule has 2 atom stereocenters. The highest BCUT2D eigenvalue weighted by Crippen LogP contribution is 2.33. The highest BCUT2D eigenvalue weighted by molar-refractivity contribution is 8.00. The summed E-state index contributed by atoms with van der Waals surface area (Å²) in [6.07, 6.45) is 0. The fourth-order valence-corrected chi connectivity index (χ4v) is 3.52. The summed E-state index contributed by atoms with van der Waals surface area (Å²) in [6, 6.07) is 3.50. The molecule has 1 saturated heterocycles. The quantitative estimate of drug-likeness (QED) is 0.676. The van der Waals surface area contributed by atoms with E-state index in [9.17, 15) is 24.8 Å². The standard InChI is InChI=1S/C13H14N2O5S/c1-7-4-3-5-9(11(7)15(19)20)12(16)14-8(2)21-6-10(14)13(17)18/h3-5,8,10H,6H2,1-2H3,(H,17,18). The summed E-state index contributed by atoms with van der Waals surface area (Å²) in [5.41, 5.74) is 0.0357. The molecule has 1 fully saturated rings. The van der Waals surface area contributed by atoms with E-state index in [1.54, 1.807) is 26.0 Å². The second-order valence-corrected chi connectivity index (χ2v) is 6.08. The Kier molecular flexibility index (Phi) is 4.17. The van der Waals surface area contributed by atoms with Crippen LogP contribution in [0, 0.1) is 17.0 Å². The largest absolute Gasteiger partial charge is 0.480 e. The lowest BCUT2D eigenvalue weighted by Crippen LogP contribution is -2.45. The molecule has 1 aliphatic rings. The van der Waals surface area contributed by atoms with Gasteiger partial charge in [-0.1, -0.05) is 12.1 Å². The predicted molar refractivity (Wildman–Crippen MR) is 77.3 cm³/mol. The van der Waals surface area contributed by atoms with Crippen LogP contribution in [-0.4, -0.2) is 44.0 Å². The second kappa shape index (κ2) is 5.72. The Morgan fingerprint density at radius 1 is 1.48 bits per heavy atom. The molecular weight excluding hydrogens is 296 g/mol. The number of nitro benzene ring substituents is 1. The molecule has 0 saturated carbocycles. The summed E-state index contributed by atoms with van der Waals surface area (Å²) >= 11 is 1.34. The Morgan fingerprint density at radius 2 is 2.14 bits per heavy atom. The number of hydrogen-bond acceptors (Lipinski definition) is 5. The molecule has 2 rings (SSSR count). The fourth-order valence-electron chi connectivity index (χ4n) is 2.35. The number of aliphatic carboxylic acids is 1. The highest BCUT2D eigenvalue weighted by Gasteiger charge is 2.41. The van der Waals surface area contributed by atoms with Gasteiger partial charge in [-0.3, -0.25) is 14.9 Å². The first-order valence-electron chi connectivity index (χ1n) is 6.25. The minimum Gasteiger partial charge on any atom is -0.480 e. The maximum Gasteiger partial charge on any atom is 0.327 e. The van der Waals surface area contributed by atoms with Gasteiger partial charge in [0.15, 0.2) is 0 Å². The number of rotatable bonds is 3. The molecule has 8 heteroatoms. The molecule has 21 heavy (non-hydrogen) atoms. The number of carbonyl (C=O) groups excluding carboxylic acids is 1. The summed E-state index contributed by atoms with van der Waals surface area (Å²) in [7, 11) is 0. The number of benzene rings is 1. The number of nitro groups is 1. The molecule has 112 valence electrons. The topological polar surface area (TPSA) is 101 Å². The molecule has 2 unspecified atom stereocenters. The van der Waals surface area contributed by atoms with E-state index in [0.717, 1.165) is 0 Å². The van der Waals surface area contributed by atoms with Crippen LogP contribution in [0.5, 0.6) is 0 Å². The summed E-state index contributed by atoms with van der Waals surface area (Å²) < 4.78 is 0. The summed E-state index contributed by atoms with van der Waals surface area (Å²) in [4.78, 5) is 35.6. The zero-order valence-electron chi connectivity index (χ0n) is 11.5. The van der Waals surface area contributed by atoms with Crippen molar-refractivity contribution in [3.05, 3.63) is 39.4 Å². The van der Waals surface area contributed by atoms with Gasteiger partial charge in [-0.05, 0) is 19.9 Å². The van der Waals surface area contributed by atoms with Crippen molar-refractivity contribution in [3.8, 4) is 0 Å². The highest BCUT2D eigenvalue weighted by atomic mass is 32.2. The van der Waals surface area contributed by atoms with E-state index in [2.05, 4.69) is 0 Å². The van der Waals surface area contributed by atoms with E-state index in [1.807, 2.05) is 0 Å². The normalized spacial score (nSPS) is 21.3. The molecule has 7 nitrogen and oxygen atoms in total. The SMILES string of the molecule is Cc1cccc(C(=O)N2C(C)SCC2C(=O)O)c1[N+](=O)[O-]. The number of carboxylic acids is 1. The number of carboxylic acid groups (broad SMARTS) is 1. The van der Waals surface area contributed by atoms with E-state index in [4.69, 9.17) is 0 Å². The number of aryl methyl sites for hydroxylation is 1. The Bertz CT molecular complexity index is 619. The van der Waals surface area contributed by atoms with Crippen LogP contribution in [0.2, 0.25) is 0 Å². The van der Waals surface area contributed by atoms with Crippen LogP contribution in [0.25, 0.3) is 0 Å². The molecule has 1 amide bonds. The molecule has 0 aliphatic carbocycles. The molecule has 1 aromatic carbocycles. The lowest BCUT2D eigenvalue weighted by molar-refractivity contribution is -0.385. The first-order chi connectivity index (χ1) is 9.84. The van der Waals surface area contributed by atoms with Gasteiger partial charge < -0.3 is 10.0 Å². The van der Waals surface area contributed by atoms with Crippen LogP contribution >= 0.6 is 11.8 Å². The van der Waals surface area contributed by atoms with Crippen molar-refractivity contribution >= 4 is 29.3 Å². The van der Waals surface area contributed by atoms with Gasteiger partial charge >= 0.3 is 5.97 Å². The maximum absolute atomic E-state index is 12.6. The van der Waals surface area contributed by atoms with Gasteiger partial charge in [-0.25, -0.2) is 4.79 Å².